The number of nitrogens with two attached hydrogens (primary N) is 2. The highest BCUT2D eigenvalue weighted by molar-refractivity contribution is 9.10. The summed E-state index contributed by atoms with van der Waals surface area (Å²) < 4.78 is 27.4. The first-order valence-corrected chi connectivity index (χ1v) is 8.83. The van der Waals surface area contributed by atoms with Crippen molar-refractivity contribution in [3.8, 4) is 0 Å². The minimum absolute atomic E-state index is 0.111. The van der Waals surface area contributed by atoms with Crippen LogP contribution >= 0.6 is 15.9 Å². The van der Waals surface area contributed by atoms with Crippen molar-refractivity contribution in [1.29, 1.82) is 0 Å². The number of rotatable bonds is 3. The Morgan fingerprint density at radius 3 is 2.67 bits per heavy atom. The summed E-state index contributed by atoms with van der Waals surface area (Å²) in [6.45, 7) is 1.94. The number of halogens is 1. The van der Waals surface area contributed by atoms with E-state index in [-0.39, 0.29) is 17.5 Å². The molecule has 0 bridgehead atoms. The van der Waals surface area contributed by atoms with E-state index in [1.54, 1.807) is 12.1 Å². The number of hydrogen-bond donors (Lipinski definition) is 2. The van der Waals surface area contributed by atoms with E-state index in [4.69, 9.17) is 11.5 Å². The fourth-order valence-electron chi connectivity index (χ4n) is 2.49. The Bertz CT molecular complexity index is 663. The van der Waals surface area contributed by atoms with Gasteiger partial charge in [0.2, 0.25) is 15.9 Å². The average Bonchev–Trinajstić information content (AvgIpc) is 2.41. The molecule has 0 spiro atoms. The molecule has 2 atom stereocenters. The lowest BCUT2D eigenvalue weighted by Crippen LogP contribution is -2.48. The molecule has 4 N–H and O–H groups in total. The maximum absolute atomic E-state index is 12.8. The molecule has 1 aromatic rings. The second-order valence-corrected chi connectivity index (χ2v) is 8.00. The molecular formula is C13H18BrN3O3S. The van der Waals surface area contributed by atoms with Crippen LogP contribution in [-0.4, -0.2) is 31.2 Å². The number of nitrogens with zero attached hydrogens (tertiary/aromatic N) is 1. The van der Waals surface area contributed by atoms with Gasteiger partial charge in [-0.2, -0.15) is 4.31 Å². The summed E-state index contributed by atoms with van der Waals surface area (Å²) in [7, 11) is -3.73. The molecule has 1 aromatic carbocycles. The van der Waals surface area contributed by atoms with Gasteiger partial charge in [-0.05, 0) is 53.9 Å². The van der Waals surface area contributed by atoms with E-state index >= 15 is 0 Å². The second kappa shape index (κ2) is 5.94. The summed E-state index contributed by atoms with van der Waals surface area (Å²) in [5, 5.41) is 0. The van der Waals surface area contributed by atoms with Gasteiger partial charge in [-0.15, -0.1) is 0 Å². The first-order chi connectivity index (χ1) is 9.73. The number of nitrogen functional groups attached to an aromatic ring is 1. The highest BCUT2D eigenvalue weighted by Crippen LogP contribution is 2.32. The lowest BCUT2D eigenvalue weighted by molar-refractivity contribution is -0.123. The maximum atomic E-state index is 12.8. The topological polar surface area (TPSA) is 106 Å². The van der Waals surface area contributed by atoms with Crippen LogP contribution in [0.5, 0.6) is 0 Å². The predicted octanol–water partition coefficient (Wildman–Crippen LogP) is 1.31. The molecule has 0 aromatic heterocycles. The summed E-state index contributed by atoms with van der Waals surface area (Å²) in [6, 6.07) is 4.45. The van der Waals surface area contributed by atoms with Crippen molar-refractivity contribution in [3.05, 3.63) is 22.7 Å². The van der Waals surface area contributed by atoms with Gasteiger partial charge in [0.05, 0.1) is 10.8 Å². The lowest BCUT2D eigenvalue weighted by atomic mass is 9.95. The molecule has 1 aliphatic rings. The van der Waals surface area contributed by atoms with Gasteiger partial charge in [0.1, 0.15) is 0 Å². The number of carbonyl (C=O) groups is 1. The van der Waals surface area contributed by atoms with E-state index in [0.717, 1.165) is 0 Å². The van der Waals surface area contributed by atoms with Crippen LogP contribution in [0.15, 0.2) is 27.6 Å². The van der Waals surface area contributed by atoms with Crippen molar-refractivity contribution in [3.63, 3.8) is 0 Å². The van der Waals surface area contributed by atoms with Gasteiger partial charge < -0.3 is 11.5 Å². The van der Waals surface area contributed by atoms with E-state index in [0.29, 0.717) is 23.0 Å². The van der Waals surface area contributed by atoms with E-state index in [1.165, 1.54) is 10.4 Å². The van der Waals surface area contributed by atoms with E-state index in [1.807, 2.05) is 6.92 Å². The number of carbonyl (C=O) groups excluding carboxylic acids is 1. The third-order valence-electron chi connectivity index (χ3n) is 3.77. The zero-order chi connectivity index (χ0) is 15.8. The molecule has 2 rings (SSSR count). The van der Waals surface area contributed by atoms with Gasteiger partial charge in [-0.25, -0.2) is 8.42 Å². The normalized spacial score (nSPS) is 23.9. The molecule has 21 heavy (non-hydrogen) atoms. The van der Waals surface area contributed by atoms with Crippen LogP contribution in [0.1, 0.15) is 19.8 Å². The first kappa shape index (κ1) is 16.3. The van der Waals surface area contributed by atoms with E-state index in [2.05, 4.69) is 15.9 Å². The Labute approximate surface area is 132 Å². The quantitative estimate of drug-likeness (QED) is 0.776. The highest BCUT2D eigenvalue weighted by Gasteiger charge is 2.37. The molecule has 8 heteroatoms. The number of anilines is 1. The summed E-state index contributed by atoms with van der Waals surface area (Å²) in [6.07, 6.45) is 1.22. The summed E-state index contributed by atoms with van der Waals surface area (Å²) in [5.74, 6) is -0.912. The van der Waals surface area contributed by atoms with E-state index in [9.17, 15) is 13.2 Å². The van der Waals surface area contributed by atoms with Crippen LogP contribution in [0.2, 0.25) is 0 Å². The van der Waals surface area contributed by atoms with Crippen molar-refractivity contribution in [1.82, 2.24) is 4.31 Å². The molecule has 6 nitrogen and oxygen atoms in total. The number of benzene rings is 1. The van der Waals surface area contributed by atoms with Crippen LogP contribution in [0.3, 0.4) is 0 Å². The molecule has 1 amide bonds. The monoisotopic (exact) mass is 375 g/mol. The minimum Gasteiger partial charge on any atom is -0.399 e. The summed E-state index contributed by atoms with van der Waals surface area (Å²) in [4.78, 5) is 11.5. The largest absolute Gasteiger partial charge is 0.399 e. The Morgan fingerprint density at radius 2 is 2.05 bits per heavy atom. The number of amides is 1. The molecule has 1 fully saturated rings. The van der Waals surface area contributed by atoms with Gasteiger partial charge in [-0.3, -0.25) is 4.79 Å². The smallest absolute Gasteiger partial charge is 0.244 e. The van der Waals surface area contributed by atoms with Crippen LogP contribution < -0.4 is 11.5 Å². The standard InChI is InChI=1S/C13H18BrN3O3S/c1-8-2-3-9(13(16)18)7-17(8)21(19,20)12-6-10(15)4-5-11(12)14/h4-6,8-9H,2-3,7,15H2,1H3,(H2,16,18). The third kappa shape index (κ3) is 3.22. The van der Waals surface area contributed by atoms with Gasteiger partial charge in [0, 0.05) is 22.7 Å². The molecule has 116 valence electrons. The Morgan fingerprint density at radius 1 is 1.38 bits per heavy atom. The van der Waals surface area contributed by atoms with Gasteiger partial charge in [0.25, 0.3) is 0 Å². The molecule has 1 saturated heterocycles. The van der Waals surface area contributed by atoms with Crippen molar-refractivity contribution in [2.24, 2.45) is 11.7 Å². The average molecular weight is 376 g/mol. The molecule has 2 unspecified atom stereocenters. The van der Waals surface area contributed by atoms with Crippen LogP contribution in [-0.2, 0) is 14.8 Å². The fraction of sp³-hybridized carbons (Fsp3) is 0.462. The summed E-state index contributed by atoms with van der Waals surface area (Å²) in [5.41, 5.74) is 11.4. The van der Waals surface area contributed by atoms with Crippen molar-refractivity contribution >= 4 is 37.5 Å². The van der Waals surface area contributed by atoms with Gasteiger partial charge in [0.15, 0.2) is 0 Å². The second-order valence-electron chi connectivity index (χ2n) is 5.29. The summed E-state index contributed by atoms with van der Waals surface area (Å²) >= 11 is 3.24. The van der Waals surface area contributed by atoms with Crippen molar-refractivity contribution < 1.29 is 13.2 Å². The zero-order valence-corrected chi connectivity index (χ0v) is 14.0. The number of piperidine rings is 1. The van der Waals surface area contributed by atoms with Gasteiger partial charge in [-0.1, -0.05) is 0 Å². The molecule has 1 heterocycles. The Hall–Kier alpha value is -1.12. The predicted molar refractivity (Wildman–Crippen MR) is 83.8 cm³/mol. The maximum Gasteiger partial charge on any atom is 0.244 e. The van der Waals surface area contributed by atoms with Crippen molar-refractivity contribution in [2.45, 2.75) is 30.7 Å². The molecule has 0 saturated carbocycles. The van der Waals surface area contributed by atoms with Crippen LogP contribution in [0.25, 0.3) is 0 Å². The Balaban J connectivity index is 2.42. The number of primary amides is 1. The minimum atomic E-state index is -3.73. The van der Waals surface area contributed by atoms with Crippen molar-refractivity contribution in [2.75, 3.05) is 12.3 Å². The Kier molecular flexibility index (Phi) is 4.60. The third-order valence-corrected chi connectivity index (χ3v) is 6.74. The van der Waals surface area contributed by atoms with E-state index < -0.39 is 21.8 Å². The molecular weight excluding hydrogens is 358 g/mol. The highest BCUT2D eigenvalue weighted by atomic mass is 79.9. The fourth-order valence-corrected chi connectivity index (χ4v) is 5.15. The molecule has 0 aliphatic carbocycles. The van der Waals surface area contributed by atoms with Gasteiger partial charge >= 0.3 is 0 Å². The molecule has 0 radical (unpaired) electrons. The number of sulfonamides is 1. The number of hydrogen-bond acceptors (Lipinski definition) is 4. The zero-order valence-electron chi connectivity index (χ0n) is 11.6. The molecule has 1 aliphatic heterocycles. The first-order valence-electron chi connectivity index (χ1n) is 6.59. The lowest BCUT2D eigenvalue weighted by Gasteiger charge is -2.36. The SMILES string of the molecule is CC1CCC(C(N)=O)CN1S(=O)(=O)c1cc(N)ccc1Br. The van der Waals surface area contributed by atoms with Crippen LogP contribution in [0, 0.1) is 5.92 Å². The van der Waals surface area contributed by atoms with Crippen LogP contribution in [0.4, 0.5) is 5.69 Å².